The molecule has 2 heteroatoms. The lowest BCUT2D eigenvalue weighted by Gasteiger charge is -2.27. The molecule has 1 aliphatic heterocycles. The van der Waals surface area contributed by atoms with Crippen LogP contribution in [0, 0.1) is 0 Å². The van der Waals surface area contributed by atoms with Crippen molar-refractivity contribution in [3.63, 3.8) is 0 Å². The van der Waals surface area contributed by atoms with Crippen molar-refractivity contribution in [3.05, 3.63) is 35.9 Å². The summed E-state index contributed by atoms with van der Waals surface area (Å²) in [7, 11) is 0. The fourth-order valence-electron chi connectivity index (χ4n) is 3.10. The SMILES string of the molecule is c1ccc(CN2CCNC3CCC2C3)cc1. The minimum atomic E-state index is 0.797. The molecule has 16 heavy (non-hydrogen) atoms. The molecule has 0 amide bonds. The van der Waals surface area contributed by atoms with E-state index in [0.29, 0.717) is 0 Å². The second kappa shape index (κ2) is 4.56. The van der Waals surface area contributed by atoms with Crippen LogP contribution in [0.15, 0.2) is 30.3 Å². The van der Waals surface area contributed by atoms with E-state index in [1.807, 2.05) is 0 Å². The van der Waals surface area contributed by atoms with Gasteiger partial charge in [0.1, 0.15) is 0 Å². The predicted molar refractivity (Wildman–Crippen MR) is 66.3 cm³/mol. The van der Waals surface area contributed by atoms with Crippen LogP contribution in [-0.4, -0.2) is 30.1 Å². The molecule has 2 aliphatic rings. The third-order valence-electron chi connectivity index (χ3n) is 3.98. The molecule has 1 N–H and O–H groups in total. The van der Waals surface area contributed by atoms with Gasteiger partial charge in [0.15, 0.2) is 0 Å². The fraction of sp³-hybridized carbons (Fsp3) is 0.571. The Hall–Kier alpha value is -0.860. The summed E-state index contributed by atoms with van der Waals surface area (Å²) >= 11 is 0. The minimum Gasteiger partial charge on any atom is -0.313 e. The van der Waals surface area contributed by atoms with Crippen LogP contribution < -0.4 is 5.32 Å². The molecule has 2 unspecified atom stereocenters. The van der Waals surface area contributed by atoms with Crippen molar-refractivity contribution in [2.75, 3.05) is 13.1 Å². The molecule has 86 valence electrons. The number of fused-ring (bicyclic) bond motifs is 2. The maximum Gasteiger partial charge on any atom is 0.0237 e. The van der Waals surface area contributed by atoms with Gasteiger partial charge >= 0.3 is 0 Å². The zero-order valence-corrected chi connectivity index (χ0v) is 9.73. The largest absolute Gasteiger partial charge is 0.313 e. The Morgan fingerprint density at radius 3 is 2.94 bits per heavy atom. The molecule has 0 aromatic heterocycles. The van der Waals surface area contributed by atoms with Crippen LogP contribution in [0.5, 0.6) is 0 Å². The van der Waals surface area contributed by atoms with Gasteiger partial charge in [0.05, 0.1) is 0 Å². The van der Waals surface area contributed by atoms with Gasteiger partial charge in [-0.05, 0) is 24.8 Å². The molecule has 2 fully saturated rings. The van der Waals surface area contributed by atoms with Crippen LogP contribution in [0.4, 0.5) is 0 Å². The van der Waals surface area contributed by atoms with Gasteiger partial charge in [0.25, 0.3) is 0 Å². The fourth-order valence-corrected chi connectivity index (χ4v) is 3.10. The van der Waals surface area contributed by atoms with Crippen molar-refractivity contribution in [2.45, 2.75) is 37.9 Å². The van der Waals surface area contributed by atoms with E-state index >= 15 is 0 Å². The lowest BCUT2D eigenvalue weighted by Crippen LogP contribution is -2.36. The summed E-state index contributed by atoms with van der Waals surface area (Å²) in [5.41, 5.74) is 1.45. The average molecular weight is 216 g/mol. The number of nitrogens with zero attached hydrogens (tertiary/aromatic N) is 1. The lowest BCUT2D eigenvalue weighted by atomic mass is 10.1. The Bertz CT molecular complexity index is 336. The van der Waals surface area contributed by atoms with Gasteiger partial charge in [-0.1, -0.05) is 30.3 Å². The first-order chi connectivity index (χ1) is 7.92. The van der Waals surface area contributed by atoms with Crippen molar-refractivity contribution >= 4 is 0 Å². The quantitative estimate of drug-likeness (QED) is 0.813. The molecule has 1 heterocycles. The Kier molecular flexibility index (Phi) is 2.94. The lowest BCUT2D eigenvalue weighted by molar-refractivity contribution is 0.200. The topological polar surface area (TPSA) is 15.3 Å². The molecule has 2 atom stereocenters. The molecule has 0 spiro atoms. The Balaban J connectivity index is 1.69. The molecule has 3 rings (SSSR count). The third kappa shape index (κ3) is 2.13. The summed E-state index contributed by atoms with van der Waals surface area (Å²) in [6.45, 7) is 3.49. The van der Waals surface area contributed by atoms with Gasteiger partial charge in [0, 0.05) is 31.7 Å². The molecule has 0 radical (unpaired) electrons. The van der Waals surface area contributed by atoms with E-state index in [9.17, 15) is 0 Å². The molecular weight excluding hydrogens is 196 g/mol. The molecule has 2 bridgehead atoms. The van der Waals surface area contributed by atoms with Gasteiger partial charge in [-0.3, -0.25) is 4.90 Å². The summed E-state index contributed by atoms with van der Waals surface area (Å²) < 4.78 is 0. The predicted octanol–water partition coefficient (Wildman–Crippen LogP) is 2.01. The monoisotopic (exact) mass is 216 g/mol. The van der Waals surface area contributed by atoms with Crippen LogP contribution in [-0.2, 0) is 6.54 Å². The number of hydrogen-bond donors (Lipinski definition) is 1. The van der Waals surface area contributed by atoms with Gasteiger partial charge in [-0.2, -0.15) is 0 Å². The maximum absolute atomic E-state index is 3.65. The normalized spacial score (nSPS) is 30.2. The maximum atomic E-state index is 3.65. The smallest absolute Gasteiger partial charge is 0.0237 e. The highest BCUT2D eigenvalue weighted by Gasteiger charge is 2.31. The number of benzene rings is 1. The van der Waals surface area contributed by atoms with Crippen LogP contribution in [0.3, 0.4) is 0 Å². The molecule has 1 aromatic carbocycles. The van der Waals surface area contributed by atoms with Crippen LogP contribution in [0.2, 0.25) is 0 Å². The van der Waals surface area contributed by atoms with Crippen molar-refractivity contribution in [2.24, 2.45) is 0 Å². The van der Waals surface area contributed by atoms with Crippen molar-refractivity contribution in [1.82, 2.24) is 10.2 Å². The molecule has 1 saturated heterocycles. The second-order valence-electron chi connectivity index (χ2n) is 5.07. The van der Waals surface area contributed by atoms with Crippen molar-refractivity contribution in [1.29, 1.82) is 0 Å². The standard InChI is InChI=1S/C14H20N2/c1-2-4-12(5-3-1)11-16-9-8-15-13-6-7-14(16)10-13/h1-5,13-15H,6-11H2. The zero-order chi connectivity index (χ0) is 10.8. The Morgan fingerprint density at radius 2 is 2.06 bits per heavy atom. The van der Waals surface area contributed by atoms with E-state index < -0.39 is 0 Å². The number of nitrogens with one attached hydrogen (secondary N) is 1. The first-order valence-corrected chi connectivity index (χ1v) is 6.43. The highest BCUT2D eigenvalue weighted by molar-refractivity contribution is 5.14. The zero-order valence-electron chi connectivity index (χ0n) is 9.73. The summed E-state index contributed by atoms with van der Waals surface area (Å²) in [5, 5.41) is 3.65. The van der Waals surface area contributed by atoms with E-state index in [1.54, 1.807) is 0 Å². The second-order valence-corrected chi connectivity index (χ2v) is 5.07. The number of hydrogen-bond acceptors (Lipinski definition) is 2. The molecular formula is C14H20N2. The van der Waals surface area contributed by atoms with Gasteiger partial charge in [-0.15, -0.1) is 0 Å². The van der Waals surface area contributed by atoms with Gasteiger partial charge < -0.3 is 5.32 Å². The Morgan fingerprint density at radius 1 is 1.19 bits per heavy atom. The summed E-state index contributed by atoms with van der Waals surface area (Å²) in [6, 6.07) is 12.5. The highest BCUT2D eigenvalue weighted by atomic mass is 15.2. The summed E-state index contributed by atoms with van der Waals surface area (Å²) in [5.74, 6) is 0. The van der Waals surface area contributed by atoms with Crippen molar-refractivity contribution in [3.8, 4) is 0 Å². The summed E-state index contributed by atoms with van der Waals surface area (Å²) in [4.78, 5) is 2.66. The molecule has 2 nitrogen and oxygen atoms in total. The van der Waals surface area contributed by atoms with Crippen LogP contribution in [0.1, 0.15) is 24.8 Å². The van der Waals surface area contributed by atoms with E-state index in [1.165, 1.54) is 31.4 Å². The molecule has 1 saturated carbocycles. The van der Waals surface area contributed by atoms with Crippen molar-refractivity contribution < 1.29 is 0 Å². The van der Waals surface area contributed by atoms with E-state index in [2.05, 4.69) is 40.5 Å². The van der Waals surface area contributed by atoms with Crippen LogP contribution in [0.25, 0.3) is 0 Å². The molecule has 1 aromatic rings. The minimum absolute atomic E-state index is 0.797. The van der Waals surface area contributed by atoms with Crippen LogP contribution >= 0.6 is 0 Å². The third-order valence-corrected chi connectivity index (χ3v) is 3.98. The van der Waals surface area contributed by atoms with E-state index in [0.717, 1.165) is 25.2 Å². The van der Waals surface area contributed by atoms with E-state index in [4.69, 9.17) is 0 Å². The molecule has 1 aliphatic carbocycles. The van der Waals surface area contributed by atoms with E-state index in [-0.39, 0.29) is 0 Å². The van der Waals surface area contributed by atoms with Gasteiger partial charge in [0.2, 0.25) is 0 Å². The average Bonchev–Trinajstić information content (AvgIpc) is 2.68. The first kappa shape index (κ1) is 10.3. The number of rotatable bonds is 2. The van der Waals surface area contributed by atoms with Gasteiger partial charge in [-0.25, -0.2) is 0 Å². The highest BCUT2D eigenvalue weighted by Crippen LogP contribution is 2.27. The Labute approximate surface area is 97.6 Å². The summed E-state index contributed by atoms with van der Waals surface area (Å²) in [6.07, 6.45) is 4.10. The first-order valence-electron chi connectivity index (χ1n) is 6.43.